The van der Waals surface area contributed by atoms with Crippen LogP contribution in [-0.4, -0.2) is 18.4 Å². The fourth-order valence-corrected chi connectivity index (χ4v) is 3.18. The van der Waals surface area contributed by atoms with Crippen LogP contribution in [0.2, 0.25) is 0 Å². The number of carbonyl (C=O) groups excluding carboxylic acids is 2. The van der Waals surface area contributed by atoms with Crippen LogP contribution >= 0.6 is 11.3 Å². The average molecular weight is 305 g/mol. The quantitative estimate of drug-likeness (QED) is 0.876. The summed E-state index contributed by atoms with van der Waals surface area (Å²) in [5.41, 5.74) is 1.44. The molecular weight excluding hydrogens is 286 g/mol. The lowest BCUT2D eigenvalue weighted by molar-refractivity contribution is -0.122. The van der Waals surface area contributed by atoms with Gasteiger partial charge in [-0.15, -0.1) is 11.3 Å². The Labute approximate surface area is 128 Å². The van der Waals surface area contributed by atoms with Crippen molar-refractivity contribution in [1.29, 1.82) is 5.26 Å². The second-order valence-corrected chi connectivity index (χ2v) is 6.73. The van der Waals surface area contributed by atoms with Gasteiger partial charge in [0.15, 0.2) is 0 Å². The van der Waals surface area contributed by atoms with Gasteiger partial charge in [-0.05, 0) is 31.7 Å². The van der Waals surface area contributed by atoms with E-state index in [2.05, 4.69) is 16.7 Å². The molecule has 0 aliphatic heterocycles. The van der Waals surface area contributed by atoms with E-state index in [0.717, 1.165) is 16.9 Å². The third kappa shape index (κ3) is 3.61. The second-order valence-electron chi connectivity index (χ2n) is 5.51. The zero-order valence-corrected chi connectivity index (χ0v) is 13.3. The molecule has 6 heteroatoms. The molecule has 21 heavy (non-hydrogen) atoms. The molecule has 1 aliphatic carbocycles. The molecule has 5 nitrogen and oxygen atoms in total. The van der Waals surface area contributed by atoms with E-state index in [-0.39, 0.29) is 24.2 Å². The number of rotatable bonds is 5. The van der Waals surface area contributed by atoms with E-state index in [1.807, 2.05) is 20.8 Å². The number of nitriles is 1. The summed E-state index contributed by atoms with van der Waals surface area (Å²) in [6, 6.07) is 2.12. The smallest absolute Gasteiger partial charge is 0.226 e. The molecular formula is C15H19N3O2S. The van der Waals surface area contributed by atoms with Crippen molar-refractivity contribution >= 4 is 28.2 Å². The highest BCUT2D eigenvalue weighted by atomic mass is 32.1. The van der Waals surface area contributed by atoms with Crippen molar-refractivity contribution in [2.45, 2.75) is 33.6 Å². The van der Waals surface area contributed by atoms with Crippen LogP contribution in [0.25, 0.3) is 0 Å². The molecule has 0 bridgehead atoms. The maximum atomic E-state index is 11.9. The van der Waals surface area contributed by atoms with Crippen molar-refractivity contribution < 1.29 is 9.59 Å². The zero-order chi connectivity index (χ0) is 15.6. The largest absolute Gasteiger partial charge is 0.355 e. The van der Waals surface area contributed by atoms with Crippen LogP contribution < -0.4 is 10.6 Å². The summed E-state index contributed by atoms with van der Waals surface area (Å²) in [6.07, 6.45) is 1.16. The minimum Gasteiger partial charge on any atom is -0.355 e. The van der Waals surface area contributed by atoms with Crippen LogP contribution in [0.15, 0.2) is 0 Å². The third-order valence-electron chi connectivity index (χ3n) is 3.85. The van der Waals surface area contributed by atoms with Crippen LogP contribution in [0, 0.1) is 37.0 Å². The molecule has 2 atom stereocenters. The summed E-state index contributed by atoms with van der Waals surface area (Å²) in [5.74, 6) is 0.447. The lowest BCUT2D eigenvalue weighted by Crippen LogP contribution is -2.29. The molecule has 2 amide bonds. The third-order valence-corrected chi connectivity index (χ3v) is 4.97. The van der Waals surface area contributed by atoms with Crippen LogP contribution in [0.4, 0.5) is 5.00 Å². The first-order valence-electron chi connectivity index (χ1n) is 7.01. The predicted octanol–water partition coefficient (Wildman–Crippen LogP) is 2.34. The van der Waals surface area contributed by atoms with Gasteiger partial charge in [0.05, 0.1) is 5.56 Å². The lowest BCUT2D eigenvalue weighted by Gasteiger charge is -2.05. The van der Waals surface area contributed by atoms with E-state index in [0.29, 0.717) is 23.0 Å². The molecule has 112 valence electrons. The van der Waals surface area contributed by atoms with Crippen LogP contribution in [0.1, 0.15) is 35.8 Å². The highest BCUT2D eigenvalue weighted by molar-refractivity contribution is 7.16. The summed E-state index contributed by atoms with van der Waals surface area (Å²) in [5, 5.41) is 15.2. The number of carbonyl (C=O) groups is 2. The van der Waals surface area contributed by atoms with E-state index >= 15 is 0 Å². The average Bonchev–Trinajstić information content (AvgIpc) is 3.09. The monoisotopic (exact) mass is 305 g/mol. The van der Waals surface area contributed by atoms with E-state index < -0.39 is 0 Å². The maximum Gasteiger partial charge on any atom is 0.226 e. The molecule has 2 unspecified atom stereocenters. The Morgan fingerprint density at radius 1 is 1.43 bits per heavy atom. The molecule has 1 saturated carbocycles. The molecule has 2 rings (SSSR count). The Kier molecular flexibility index (Phi) is 4.63. The van der Waals surface area contributed by atoms with E-state index in [1.54, 1.807) is 0 Å². The summed E-state index contributed by atoms with van der Waals surface area (Å²) in [7, 11) is 0. The molecule has 1 heterocycles. The lowest BCUT2D eigenvalue weighted by atomic mass is 10.2. The molecule has 0 aromatic carbocycles. The number of anilines is 1. The van der Waals surface area contributed by atoms with Gasteiger partial charge in [-0.2, -0.15) is 5.26 Å². The molecule has 0 spiro atoms. The first-order valence-corrected chi connectivity index (χ1v) is 7.83. The number of nitrogens with one attached hydrogen (secondary N) is 2. The van der Waals surface area contributed by atoms with Gasteiger partial charge in [-0.1, -0.05) is 6.92 Å². The summed E-state index contributed by atoms with van der Waals surface area (Å²) in [6.45, 7) is 6.17. The number of aryl methyl sites for hydroxylation is 1. The van der Waals surface area contributed by atoms with E-state index in [4.69, 9.17) is 5.26 Å². The molecule has 1 aliphatic rings. The second kappa shape index (κ2) is 6.27. The SMILES string of the molecule is Cc1sc(NC(=O)CCNC(=O)C2CC2C)c(C#N)c1C. The normalized spacial score (nSPS) is 19.7. The first kappa shape index (κ1) is 15.5. The number of hydrogen-bond acceptors (Lipinski definition) is 4. The highest BCUT2D eigenvalue weighted by Gasteiger charge is 2.38. The number of hydrogen-bond donors (Lipinski definition) is 2. The van der Waals surface area contributed by atoms with Crippen molar-refractivity contribution in [3.05, 3.63) is 16.0 Å². The first-order chi connectivity index (χ1) is 9.93. The van der Waals surface area contributed by atoms with Crippen molar-refractivity contribution in [1.82, 2.24) is 5.32 Å². The van der Waals surface area contributed by atoms with Crippen LogP contribution in [0.3, 0.4) is 0 Å². The van der Waals surface area contributed by atoms with Gasteiger partial charge < -0.3 is 10.6 Å². The summed E-state index contributed by atoms with van der Waals surface area (Å²) >= 11 is 1.41. The van der Waals surface area contributed by atoms with E-state index in [1.165, 1.54) is 11.3 Å². The molecule has 0 saturated heterocycles. The van der Waals surface area contributed by atoms with Gasteiger partial charge in [0.1, 0.15) is 11.1 Å². The topological polar surface area (TPSA) is 82.0 Å². The molecule has 0 radical (unpaired) electrons. The Balaban J connectivity index is 1.81. The van der Waals surface area contributed by atoms with Gasteiger partial charge in [0, 0.05) is 23.8 Å². The fourth-order valence-electron chi connectivity index (χ4n) is 2.16. The Morgan fingerprint density at radius 2 is 2.10 bits per heavy atom. The fraction of sp³-hybridized carbons (Fsp3) is 0.533. The predicted molar refractivity (Wildman–Crippen MR) is 82.0 cm³/mol. The number of nitrogens with zero attached hydrogens (tertiary/aromatic N) is 1. The van der Waals surface area contributed by atoms with Gasteiger partial charge in [-0.25, -0.2) is 0 Å². The molecule has 1 aromatic rings. The molecule has 1 aromatic heterocycles. The molecule has 2 N–H and O–H groups in total. The Bertz CT molecular complexity index is 615. The Morgan fingerprint density at radius 3 is 2.67 bits per heavy atom. The minimum absolute atomic E-state index is 0.0378. The van der Waals surface area contributed by atoms with Gasteiger partial charge >= 0.3 is 0 Å². The van der Waals surface area contributed by atoms with Crippen molar-refractivity contribution in [3.8, 4) is 6.07 Å². The number of thiophene rings is 1. The van der Waals surface area contributed by atoms with Gasteiger partial charge in [0.2, 0.25) is 11.8 Å². The van der Waals surface area contributed by atoms with E-state index in [9.17, 15) is 9.59 Å². The standard InChI is InChI=1S/C15H19N3O2S/c1-8-6-11(8)14(20)17-5-4-13(19)18-15-12(7-16)9(2)10(3)21-15/h8,11H,4-6H2,1-3H3,(H,17,20)(H,18,19). The van der Waals surface area contributed by atoms with Crippen molar-refractivity contribution in [2.24, 2.45) is 11.8 Å². The Hall–Kier alpha value is -1.87. The highest BCUT2D eigenvalue weighted by Crippen LogP contribution is 2.37. The van der Waals surface area contributed by atoms with Gasteiger partial charge in [0.25, 0.3) is 0 Å². The minimum atomic E-state index is -0.183. The maximum absolute atomic E-state index is 11.9. The number of amides is 2. The van der Waals surface area contributed by atoms with Crippen molar-refractivity contribution in [3.63, 3.8) is 0 Å². The molecule has 1 fully saturated rings. The van der Waals surface area contributed by atoms with Gasteiger partial charge in [-0.3, -0.25) is 9.59 Å². The summed E-state index contributed by atoms with van der Waals surface area (Å²) < 4.78 is 0. The van der Waals surface area contributed by atoms with Crippen LogP contribution in [0.5, 0.6) is 0 Å². The van der Waals surface area contributed by atoms with Crippen LogP contribution in [-0.2, 0) is 9.59 Å². The summed E-state index contributed by atoms with van der Waals surface area (Å²) in [4.78, 5) is 24.5. The van der Waals surface area contributed by atoms with Crippen molar-refractivity contribution in [2.75, 3.05) is 11.9 Å². The zero-order valence-electron chi connectivity index (χ0n) is 12.4.